The van der Waals surface area contributed by atoms with Crippen molar-refractivity contribution in [2.75, 3.05) is 11.4 Å². The molecule has 0 fully saturated rings. The van der Waals surface area contributed by atoms with Gasteiger partial charge in [0.2, 0.25) is 11.8 Å². The molecule has 2 aromatic heterocycles. The fourth-order valence-electron chi connectivity index (χ4n) is 2.49. The van der Waals surface area contributed by atoms with Crippen LogP contribution in [0.25, 0.3) is 0 Å². The fourth-order valence-corrected chi connectivity index (χ4v) is 3.30. The van der Waals surface area contributed by atoms with Crippen molar-refractivity contribution in [2.45, 2.75) is 38.6 Å². The molecule has 2 rings (SSSR count). The highest BCUT2D eigenvalue weighted by Crippen LogP contribution is 2.23. The van der Waals surface area contributed by atoms with E-state index in [4.69, 9.17) is 5.21 Å². The number of nitrogens with one attached hydrogen (secondary N) is 2. The lowest BCUT2D eigenvalue weighted by atomic mass is 10.2. The SMILES string of the molecule is O=C(CCCCCNC(=O)Cc1csc(N(Cc2ccncc2)C(=O)O)n1)NO. The quantitative estimate of drug-likeness (QED) is 0.246. The Balaban J connectivity index is 1.78. The van der Waals surface area contributed by atoms with E-state index in [1.807, 2.05) is 0 Å². The zero-order valence-corrected chi connectivity index (χ0v) is 16.5. The van der Waals surface area contributed by atoms with Crippen LogP contribution in [0.5, 0.6) is 0 Å². The highest BCUT2D eigenvalue weighted by molar-refractivity contribution is 7.14. The third-order valence-corrected chi connectivity index (χ3v) is 4.87. The van der Waals surface area contributed by atoms with E-state index >= 15 is 0 Å². The van der Waals surface area contributed by atoms with Gasteiger partial charge in [0, 0.05) is 30.7 Å². The molecule has 3 amide bonds. The largest absolute Gasteiger partial charge is 0.465 e. The van der Waals surface area contributed by atoms with Gasteiger partial charge in [0.15, 0.2) is 5.13 Å². The van der Waals surface area contributed by atoms with Crippen molar-refractivity contribution >= 4 is 34.4 Å². The molecule has 0 saturated carbocycles. The maximum absolute atomic E-state index is 12.0. The normalized spacial score (nSPS) is 10.4. The lowest BCUT2D eigenvalue weighted by molar-refractivity contribution is -0.129. The van der Waals surface area contributed by atoms with Crippen LogP contribution in [0.15, 0.2) is 29.9 Å². The van der Waals surface area contributed by atoms with Gasteiger partial charge in [0.1, 0.15) is 0 Å². The first kappa shape index (κ1) is 22.2. The van der Waals surface area contributed by atoms with Crippen LogP contribution in [0.2, 0.25) is 0 Å². The van der Waals surface area contributed by atoms with Gasteiger partial charge in [-0.25, -0.2) is 20.2 Å². The van der Waals surface area contributed by atoms with Gasteiger partial charge in [0.05, 0.1) is 18.7 Å². The third-order valence-electron chi connectivity index (χ3n) is 3.96. The first-order valence-electron chi connectivity index (χ1n) is 9.03. The minimum Gasteiger partial charge on any atom is -0.465 e. The summed E-state index contributed by atoms with van der Waals surface area (Å²) in [6.45, 7) is 0.616. The Morgan fingerprint density at radius 1 is 1.10 bits per heavy atom. The van der Waals surface area contributed by atoms with E-state index < -0.39 is 12.0 Å². The number of carbonyl (C=O) groups excluding carboxylic acids is 2. The Labute approximate surface area is 171 Å². The minimum atomic E-state index is -1.12. The molecular formula is C18H23N5O5S. The van der Waals surface area contributed by atoms with Crippen LogP contribution in [0.3, 0.4) is 0 Å². The monoisotopic (exact) mass is 421 g/mol. The van der Waals surface area contributed by atoms with Gasteiger partial charge in [-0.05, 0) is 30.5 Å². The van der Waals surface area contributed by atoms with Crippen molar-refractivity contribution in [2.24, 2.45) is 0 Å². The number of hydrogen-bond donors (Lipinski definition) is 4. The molecule has 0 unspecified atom stereocenters. The number of nitrogens with zero attached hydrogens (tertiary/aromatic N) is 3. The molecule has 0 aliphatic carbocycles. The molecule has 0 aliphatic heterocycles. The number of aromatic nitrogens is 2. The molecule has 0 aliphatic rings. The number of hydroxylamine groups is 1. The van der Waals surface area contributed by atoms with E-state index in [9.17, 15) is 19.5 Å². The molecule has 0 aromatic carbocycles. The number of anilines is 1. The Morgan fingerprint density at radius 3 is 2.55 bits per heavy atom. The van der Waals surface area contributed by atoms with Crippen molar-refractivity contribution in [3.8, 4) is 0 Å². The predicted molar refractivity (Wildman–Crippen MR) is 106 cm³/mol. The number of amides is 3. The van der Waals surface area contributed by atoms with E-state index in [2.05, 4.69) is 15.3 Å². The summed E-state index contributed by atoms with van der Waals surface area (Å²) in [5.74, 6) is -0.626. The summed E-state index contributed by atoms with van der Waals surface area (Å²) >= 11 is 1.17. The molecule has 2 heterocycles. The van der Waals surface area contributed by atoms with Crippen LogP contribution >= 0.6 is 11.3 Å². The standard InChI is InChI=1S/C18H23N5O5S/c24-15(22-28)4-2-1-3-7-20-16(25)10-14-12-29-17(21-14)23(18(26)27)11-13-5-8-19-9-6-13/h5-6,8-9,12,28H,1-4,7,10-11H2,(H,20,25)(H,22,24)(H,26,27). The van der Waals surface area contributed by atoms with Gasteiger partial charge >= 0.3 is 6.09 Å². The summed E-state index contributed by atoms with van der Waals surface area (Å²) < 4.78 is 0. The molecule has 10 nitrogen and oxygen atoms in total. The molecule has 2 aromatic rings. The number of carbonyl (C=O) groups is 3. The Kier molecular flexibility index (Phi) is 8.99. The van der Waals surface area contributed by atoms with Gasteiger partial charge < -0.3 is 10.4 Å². The van der Waals surface area contributed by atoms with Crippen LogP contribution in [0.4, 0.5) is 9.93 Å². The van der Waals surface area contributed by atoms with Gasteiger partial charge in [-0.15, -0.1) is 11.3 Å². The Hall–Kier alpha value is -3.05. The Bertz CT molecular complexity index is 814. The van der Waals surface area contributed by atoms with Crippen LogP contribution < -0.4 is 15.7 Å². The minimum absolute atomic E-state index is 0.0616. The second-order valence-corrected chi connectivity index (χ2v) is 7.05. The average Bonchev–Trinajstić information content (AvgIpc) is 3.16. The van der Waals surface area contributed by atoms with Crippen molar-refractivity contribution in [3.05, 3.63) is 41.2 Å². The lowest BCUT2D eigenvalue weighted by Crippen LogP contribution is -2.29. The molecule has 0 spiro atoms. The summed E-state index contributed by atoms with van der Waals surface area (Å²) in [6.07, 6.45) is 4.45. The van der Waals surface area contributed by atoms with E-state index in [0.29, 0.717) is 30.2 Å². The van der Waals surface area contributed by atoms with E-state index in [1.165, 1.54) is 11.3 Å². The maximum atomic E-state index is 12.0. The second-order valence-electron chi connectivity index (χ2n) is 6.22. The highest BCUT2D eigenvalue weighted by atomic mass is 32.1. The first-order valence-corrected chi connectivity index (χ1v) is 9.91. The van der Waals surface area contributed by atoms with Crippen molar-refractivity contribution < 1.29 is 24.7 Å². The molecule has 0 saturated heterocycles. The summed E-state index contributed by atoms with van der Waals surface area (Å²) in [7, 11) is 0. The zero-order chi connectivity index (χ0) is 21.1. The average molecular weight is 421 g/mol. The van der Waals surface area contributed by atoms with Crippen molar-refractivity contribution in [1.82, 2.24) is 20.8 Å². The van der Waals surface area contributed by atoms with Gasteiger partial charge in [0.25, 0.3) is 0 Å². The molecule has 4 N–H and O–H groups in total. The smallest absolute Gasteiger partial charge is 0.413 e. The molecule has 29 heavy (non-hydrogen) atoms. The van der Waals surface area contributed by atoms with E-state index in [1.54, 1.807) is 35.4 Å². The number of pyridine rings is 1. The van der Waals surface area contributed by atoms with E-state index in [-0.39, 0.29) is 25.3 Å². The lowest BCUT2D eigenvalue weighted by Gasteiger charge is -2.15. The second kappa shape index (κ2) is 11.7. The number of carboxylic acid groups (broad SMARTS) is 1. The molecule has 156 valence electrons. The molecule has 0 bridgehead atoms. The summed E-state index contributed by atoms with van der Waals surface area (Å²) in [4.78, 5) is 43.8. The highest BCUT2D eigenvalue weighted by Gasteiger charge is 2.19. The van der Waals surface area contributed by atoms with Gasteiger partial charge in [-0.3, -0.25) is 19.8 Å². The van der Waals surface area contributed by atoms with Gasteiger partial charge in [-0.1, -0.05) is 6.42 Å². The fraction of sp³-hybridized carbons (Fsp3) is 0.389. The van der Waals surface area contributed by atoms with Crippen LogP contribution in [0, 0.1) is 0 Å². The van der Waals surface area contributed by atoms with E-state index in [0.717, 1.165) is 16.9 Å². The maximum Gasteiger partial charge on any atom is 0.413 e. The van der Waals surface area contributed by atoms with Gasteiger partial charge in [-0.2, -0.15) is 0 Å². The van der Waals surface area contributed by atoms with Crippen molar-refractivity contribution in [1.29, 1.82) is 0 Å². The molecular weight excluding hydrogens is 398 g/mol. The number of thiazole rings is 1. The summed E-state index contributed by atoms with van der Waals surface area (Å²) in [5, 5.41) is 22.6. The van der Waals surface area contributed by atoms with Crippen LogP contribution in [-0.4, -0.2) is 44.7 Å². The molecule has 11 heteroatoms. The predicted octanol–water partition coefficient (Wildman–Crippen LogP) is 1.95. The number of unbranched alkanes of at least 4 members (excludes halogenated alkanes) is 2. The summed E-state index contributed by atoms with van der Waals surface area (Å²) in [5.41, 5.74) is 2.86. The third kappa shape index (κ3) is 7.84. The van der Waals surface area contributed by atoms with Crippen LogP contribution in [-0.2, 0) is 22.6 Å². The molecule has 0 atom stereocenters. The summed E-state index contributed by atoms with van der Waals surface area (Å²) in [6, 6.07) is 3.46. The Morgan fingerprint density at radius 2 is 1.86 bits per heavy atom. The number of rotatable bonds is 11. The molecule has 0 radical (unpaired) electrons. The first-order chi connectivity index (χ1) is 14.0. The van der Waals surface area contributed by atoms with Crippen molar-refractivity contribution in [3.63, 3.8) is 0 Å². The van der Waals surface area contributed by atoms with Crippen LogP contribution in [0.1, 0.15) is 36.9 Å². The zero-order valence-electron chi connectivity index (χ0n) is 15.7. The topological polar surface area (TPSA) is 145 Å². The number of hydrogen-bond acceptors (Lipinski definition) is 7.